The monoisotopic (exact) mass is 374 g/mol. The number of hydrazine groups is 1. The number of halogens is 3. The van der Waals surface area contributed by atoms with Gasteiger partial charge in [0.25, 0.3) is 0 Å². The number of hydrogen-bond acceptors (Lipinski definition) is 3. The van der Waals surface area contributed by atoms with Gasteiger partial charge in [0.15, 0.2) is 0 Å². The lowest BCUT2D eigenvalue weighted by Gasteiger charge is -2.19. The Morgan fingerprint density at radius 3 is 2.81 bits per heavy atom. The summed E-state index contributed by atoms with van der Waals surface area (Å²) >= 11 is 9.65. The topological polar surface area (TPSA) is 55.9 Å². The molecule has 0 radical (unpaired) electrons. The summed E-state index contributed by atoms with van der Waals surface area (Å²) in [6.45, 7) is 4.65. The Morgan fingerprint density at radius 2 is 2.24 bits per heavy atom. The number of nitrogens with one attached hydrogen (secondary N) is 1. The van der Waals surface area contributed by atoms with Crippen molar-refractivity contribution in [2.45, 2.75) is 32.9 Å². The Labute approximate surface area is 136 Å². The summed E-state index contributed by atoms with van der Waals surface area (Å²) < 4.78 is 16.9. The van der Waals surface area contributed by atoms with Crippen LogP contribution in [0.5, 0.6) is 0 Å². The van der Waals surface area contributed by atoms with E-state index in [1.807, 2.05) is 18.5 Å². The van der Waals surface area contributed by atoms with E-state index in [9.17, 15) is 4.39 Å². The third kappa shape index (κ3) is 3.29. The molecule has 21 heavy (non-hydrogen) atoms. The number of hydrogen-bond donors (Lipinski definition) is 2. The molecule has 1 atom stereocenters. The van der Waals surface area contributed by atoms with E-state index in [0.717, 1.165) is 22.4 Å². The summed E-state index contributed by atoms with van der Waals surface area (Å²) in [5.74, 6) is 5.24. The molecule has 0 amide bonds. The quantitative estimate of drug-likeness (QED) is 0.621. The lowest BCUT2D eigenvalue weighted by Crippen LogP contribution is -2.31. The van der Waals surface area contributed by atoms with Crippen LogP contribution in [-0.2, 0) is 13.0 Å². The molecule has 0 spiro atoms. The fourth-order valence-electron chi connectivity index (χ4n) is 2.35. The lowest BCUT2D eigenvalue weighted by molar-refractivity contribution is 0.489. The van der Waals surface area contributed by atoms with Crippen molar-refractivity contribution in [3.8, 4) is 0 Å². The second-order valence-electron chi connectivity index (χ2n) is 4.72. The minimum atomic E-state index is -0.434. The van der Waals surface area contributed by atoms with Crippen LogP contribution in [0.3, 0.4) is 0 Å². The molecule has 0 aliphatic rings. The Hall–Kier alpha value is -0.950. The summed E-state index contributed by atoms with van der Waals surface area (Å²) in [4.78, 5) is 0. The second-order valence-corrected chi connectivity index (χ2v) is 5.92. The number of benzene rings is 1. The van der Waals surface area contributed by atoms with Crippen molar-refractivity contribution < 1.29 is 4.39 Å². The fourth-order valence-corrected chi connectivity index (χ4v) is 3.09. The van der Waals surface area contributed by atoms with E-state index in [1.165, 1.54) is 6.07 Å². The highest BCUT2D eigenvalue weighted by atomic mass is 79.9. The van der Waals surface area contributed by atoms with Crippen molar-refractivity contribution in [2.75, 3.05) is 0 Å². The van der Waals surface area contributed by atoms with Crippen LogP contribution < -0.4 is 11.3 Å². The van der Waals surface area contributed by atoms with Gasteiger partial charge in [0.2, 0.25) is 0 Å². The standard InChI is InChI=1S/C14H17BrClFN4/c1-3-21-12(14(15)8(2)20-21)7-11(19-18)13-9(16)5-4-6-10(13)17/h4-6,11,19H,3,7,18H2,1-2H3. The highest BCUT2D eigenvalue weighted by Crippen LogP contribution is 2.31. The third-order valence-electron chi connectivity index (χ3n) is 3.40. The van der Waals surface area contributed by atoms with E-state index in [4.69, 9.17) is 17.4 Å². The van der Waals surface area contributed by atoms with Crippen molar-refractivity contribution in [3.63, 3.8) is 0 Å². The first kappa shape index (κ1) is 16.4. The number of aryl methyl sites for hydroxylation is 2. The molecule has 114 valence electrons. The molecule has 2 aromatic rings. The lowest BCUT2D eigenvalue weighted by atomic mass is 10.0. The van der Waals surface area contributed by atoms with E-state index in [0.29, 0.717) is 17.0 Å². The molecule has 0 saturated carbocycles. The van der Waals surface area contributed by atoms with Crippen LogP contribution in [0.25, 0.3) is 0 Å². The highest BCUT2D eigenvalue weighted by Gasteiger charge is 2.22. The maximum Gasteiger partial charge on any atom is 0.129 e. The molecule has 0 bridgehead atoms. The summed E-state index contributed by atoms with van der Waals surface area (Å²) in [6.07, 6.45) is 0.479. The van der Waals surface area contributed by atoms with Gasteiger partial charge in [-0.15, -0.1) is 0 Å². The van der Waals surface area contributed by atoms with Gasteiger partial charge in [-0.3, -0.25) is 16.0 Å². The first-order valence-electron chi connectivity index (χ1n) is 6.61. The SMILES string of the molecule is CCn1nc(C)c(Br)c1CC(NN)c1c(F)cccc1Cl. The third-order valence-corrected chi connectivity index (χ3v) is 4.76. The molecule has 7 heteroatoms. The average Bonchev–Trinajstić information content (AvgIpc) is 2.73. The van der Waals surface area contributed by atoms with E-state index in [2.05, 4.69) is 26.5 Å². The van der Waals surface area contributed by atoms with Gasteiger partial charge in [-0.2, -0.15) is 5.10 Å². The first-order valence-corrected chi connectivity index (χ1v) is 7.78. The number of nitrogens with zero attached hydrogens (tertiary/aromatic N) is 2. The Morgan fingerprint density at radius 1 is 1.52 bits per heavy atom. The molecule has 1 aromatic heterocycles. The van der Waals surface area contributed by atoms with Crippen LogP contribution in [0.15, 0.2) is 22.7 Å². The van der Waals surface area contributed by atoms with Gasteiger partial charge in [0.05, 0.1) is 21.9 Å². The van der Waals surface area contributed by atoms with Crippen LogP contribution >= 0.6 is 27.5 Å². The van der Waals surface area contributed by atoms with Crippen LogP contribution in [-0.4, -0.2) is 9.78 Å². The molecule has 1 heterocycles. The largest absolute Gasteiger partial charge is 0.271 e. The Balaban J connectivity index is 2.41. The average molecular weight is 376 g/mol. The summed E-state index contributed by atoms with van der Waals surface area (Å²) in [5.41, 5.74) is 4.87. The summed E-state index contributed by atoms with van der Waals surface area (Å²) in [5, 5.41) is 4.78. The molecule has 0 saturated heterocycles. The highest BCUT2D eigenvalue weighted by molar-refractivity contribution is 9.10. The van der Waals surface area contributed by atoms with E-state index >= 15 is 0 Å². The zero-order chi connectivity index (χ0) is 15.6. The van der Waals surface area contributed by atoms with Gasteiger partial charge < -0.3 is 0 Å². The smallest absolute Gasteiger partial charge is 0.129 e. The van der Waals surface area contributed by atoms with Gasteiger partial charge in [-0.25, -0.2) is 4.39 Å². The molecule has 0 aliphatic carbocycles. The number of rotatable bonds is 5. The van der Waals surface area contributed by atoms with Crippen molar-refractivity contribution in [1.29, 1.82) is 0 Å². The number of aromatic nitrogens is 2. The molecule has 4 nitrogen and oxygen atoms in total. The maximum absolute atomic E-state index is 14.1. The van der Waals surface area contributed by atoms with Crippen LogP contribution in [0.2, 0.25) is 5.02 Å². The van der Waals surface area contributed by atoms with Gasteiger partial charge in [-0.05, 0) is 41.9 Å². The van der Waals surface area contributed by atoms with E-state index in [-0.39, 0.29) is 5.82 Å². The molecular formula is C14H17BrClFN4. The summed E-state index contributed by atoms with van der Waals surface area (Å²) in [7, 11) is 0. The predicted molar refractivity (Wildman–Crippen MR) is 85.5 cm³/mol. The predicted octanol–water partition coefficient (Wildman–Crippen LogP) is 3.51. The van der Waals surface area contributed by atoms with Gasteiger partial charge in [0, 0.05) is 23.6 Å². The van der Waals surface area contributed by atoms with Crippen molar-refractivity contribution >= 4 is 27.5 Å². The van der Waals surface area contributed by atoms with Crippen molar-refractivity contribution in [2.24, 2.45) is 5.84 Å². The maximum atomic E-state index is 14.1. The molecular weight excluding hydrogens is 359 g/mol. The van der Waals surface area contributed by atoms with Gasteiger partial charge in [0.1, 0.15) is 5.82 Å². The molecule has 1 aromatic carbocycles. The van der Waals surface area contributed by atoms with Crippen molar-refractivity contribution in [1.82, 2.24) is 15.2 Å². The number of nitrogens with two attached hydrogens (primary N) is 1. The molecule has 2 rings (SSSR count). The van der Waals surface area contributed by atoms with Crippen LogP contribution in [0, 0.1) is 12.7 Å². The Bertz CT molecular complexity index is 624. The second kappa shape index (κ2) is 6.87. The van der Waals surface area contributed by atoms with Crippen LogP contribution in [0.4, 0.5) is 4.39 Å². The van der Waals surface area contributed by atoms with Gasteiger partial charge in [-0.1, -0.05) is 17.7 Å². The zero-order valence-corrected chi connectivity index (χ0v) is 14.2. The molecule has 0 aliphatic heterocycles. The zero-order valence-electron chi connectivity index (χ0n) is 11.8. The molecule has 3 N–H and O–H groups in total. The minimum Gasteiger partial charge on any atom is -0.271 e. The fraction of sp³-hybridized carbons (Fsp3) is 0.357. The van der Waals surface area contributed by atoms with E-state index in [1.54, 1.807) is 12.1 Å². The van der Waals surface area contributed by atoms with E-state index < -0.39 is 6.04 Å². The Kier molecular flexibility index (Phi) is 5.37. The first-order chi connectivity index (χ1) is 9.99. The molecule has 0 fully saturated rings. The van der Waals surface area contributed by atoms with Crippen molar-refractivity contribution in [3.05, 3.63) is 50.5 Å². The normalized spacial score (nSPS) is 12.7. The van der Waals surface area contributed by atoms with Crippen LogP contribution in [0.1, 0.15) is 29.9 Å². The van der Waals surface area contributed by atoms with Gasteiger partial charge >= 0.3 is 0 Å². The summed E-state index contributed by atoms with van der Waals surface area (Å²) in [6, 6.07) is 4.17. The molecule has 1 unspecified atom stereocenters. The minimum absolute atomic E-state index is 0.355.